The zero-order valence-corrected chi connectivity index (χ0v) is 19.8. The van der Waals surface area contributed by atoms with Gasteiger partial charge in [-0.05, 0) is 59.2 Å². The van der Waals surface area contributed by atoms with Crippen molar-refractivity contribution in [3.63, 3.8) is 0 Å². The van der Waals surface area contributed by atoms with Gasteiger partial charge in [0.2, 0.25) is 0 Å². The second kappa shape index (κ2) is 12.8. The lowest BCUT2D eigenvalue weighted by atomic mass is 10.1. The average molecular weight is 477 g/mol. The van der Waals surface area contributed by atoms with Gasteiger partial charge in [0.25, 0.3) is 11.7 Å². The molecule has 0 N–H and O–H groups in total. The van der Waals surface area contributed by atoms with Crippen molar-refractivity contribution in [1.82, 2.24) is 4.90 Å². The Labute approximate surface area is 196 Å². The van der Waals surface area contributed by atoms with Crippen LogP contribution in [0.15, 0.2) is 17.7 Å². The number of carbonyl (C=O) groups excluding carboxylic acids is 3. The predicted octanol–water partition coefficient (Wildman–Crippen LogP) is 4.22. The molecule has 0 saturated carbocycles. The molecule has 0 aliphatic carbocycles. The van der Waals surface area contributed by atoms with E-state index in [1.54, 1.807) is 33.8 Å². The minimum Gasteiger partial charge on any atom is -0.431 e. The molecule has 0 aromatic heterocycles. The van der Waals surface area contributed by atoms with Crippen LogP contribution in [0.2, 0.25) is 0 Å². The van der Waals surface area contributed by atoms with Crippen molar-refractivity contribution in [2.24, 2.45) is 0 Å². The topological polar surface area (TPSA) is 158 Å². The molecule has 184 valence electrons. The summed E-state index contributed by atoms with van der Waals surface area (Å²) in [5.41, 5.74) is -1.10. The van der Waals surface area contributed by atoms with Crippen LogP contribution in [0, 0.1) is 21.4 Å². The van der Waals surface area contributed by atoms with Gasteiger partial charge < -0.3 is 23.8 Å². The molecule has 1 aromatic carbocycles. The van der Waals surface area contributed by atoms with Crippen LogP contribution in [0.1, 0.15) is 47.1 Å². The fraction of sp³-hybridized carbons (Fsp3) is 0.455. The third-order valence-electron chi connectivity index (χ3n) is 4.01. The van der Waals surface area contributed by atoms with E-state index in [-0.39, 0.29) is 11.1 Å². The number of nitro groups is 1. The molecular formula is C22H27N3O9. The third-order valence-corrected chi connectivity index (χ3v) is 4.01. The van der Waals surface area contributed by atoms with E-state index in [2.05, 4.69) is 0 Å². The maximum absolute atomic E-state index is 12.6. The first kappa shape index (κ1) is 27.9. The van der Waals surface area contributed by atoms with E-state index < -0.39 is 52.5 Å². The summed E-state index contributed by atoms with van der Waals surface area (Å²) in [7, 11) is 0. The summed E-state index contributed by atoms with van der Waals surface area (Å²) >= 11 is 0. The number of likely N-dealkylation sites (N-methyl/N-ethyl adjacent to an activating group) is 1. The molecule has 0 fully saturated rings. The lowest BCUT2D eigenvalue weighted by Gasteiger charge is -2.18. The molecule has 0 heterocycles. The van der Waals surface area contributed by atoms with Gasteiger partial charge in [-0.25, -0.2) is 9.59 Å². The van der Waals surface area contributed by atoms with Crippen molar-refractivity contribution < 1.29 is 38.3 Å². The van der Waals surface area contributed by atoms with E-state index in [4.69, 9.17) is 18.9 Å². The van der Waals surface area contributed by atoms with Crippen molar-refractivity contribution in [3.8, 4) is 17.6 Å². The Morgan fingerprint density at radius 2 is 1.59 bits per heavy atom. The van der Waals surface area contributed by atoms with Crippen molar-refractivity contribution in [2.75, 3.05) is 13.1 Å². The number of carbonyl (C=O) groups is 3. The Balaban J connectivity index is 3.65. The van der Waals surface area contributed by atoms with Gasteiger partial charge in [-0.3, -0.25) is 14.9 Å². The standard InChI is InChI=1S/C22H27N3O9/c1-7-24(8-2)20(26)16(12-23)9-15-10-17(25(29)30)19(34-22(28)32-14(5)6)18(11-15)33-21(27)31-13(3)4/h9-11,13-14H,7-8H2,1-6H3. The van der Waals surface area contributed by atoms with Crippen LogP contribution in [-0.4, -0.2) is 53.3 Å². The Morgan fingerprint density at radius 1 is 1.06 bits per heavy atom. The van der Waals surface area contributed by atoms with Crippen LogP contribution >= 0.6 is 0 Å². The average Bonchev–Trinajstić information content (AvgIpc) is 2.72. The fourth-order valence-electron chi connectivity index (χ4n) is 2.60. The summed E-state index contributed by atoms with van der Waals surface area (Å²) in [6.07, 6.45) is -2.54. The van der Waals surface area contributed by atoms with E-state index in [1.165, 1.54) is 18.7 Å². The van der Waals surface area contributed by atoms with Gasteiger partial charge in [0.1, 0.15) is 11.6 Å². The molecule has 0 aliphatic heterocycles. The summed E-state index contributed by atoms with van der Waals surface area (Å²) in [4.78, 5) is 48.9. The van der Waals surface area contributed by atoms with Gasteiger partial charge in [0.05, 0.1) is 17.1 Å². The van der Waals surface area contributed by atoms with Crippen molar-refractivity contribution in [2.45, 2.75) is 53.8 Å². The second-order valence-electron chi connectivity index (χ2n) is 7.31. The van der Waals surface area contributed by atoms with E-state index >= 15 is 0 Å². The van der Waals surface area contributed by atoms with Crippen molar-refractivity contribution in [1.29, 1.82) is 5.26 Å². The summed E-state index contributed by atoms with van der Waals surface area (Å²) < 4.78 is 19.8. The molecule has 1 amide bonds. The smallest absolute Gasteiger partial charge is 0.431 e. The first-order chi connectivity index (χ1) is 15.9. The number of rotatable bonds is 9. The summed E-state index contributed by atoms with van der Waals surface area (Å²) in [5.74, 6) is -1.83. The van der Waals surface area contributed by atoms with Crippen LogP contribution in [-0.2, 0) is 14.3 Å². The van der Waals surface area contributed by atoms with Gasteiger partial charge in [0.15, 0.2) is 5.75 Å². The molecule has 12 heteroatoms. The lowest BCUT2D eigenvalue weighted by molar-refractivity contribution is -0.385. The van der Waals surface area contributed by atoms with Crippen LogP contribution in [0.25, 0.3) is 6.08 Å². The van der Waals surface area contributed by atoms with Gasteiger partial charge in [-0.2, -0.15) is 5.26 Å². The molecule has 0 unspecified atom stereocenters. The minimum atomic E-state index is -1.27. The quantitative estimate of drug-likeness (QED) is 0.126. The molecule has 0 spiro atoms. The molecule has 0 radical (unpaired) electrons. The normalized spacial score (nSPS) is 11.0. The zero-order chi connectivity index (χ0) is 26.0. The minimum absolute atomic E-state index is 0.0271. The number of hydrogen-bond donors (Lipinski definition) is 0. The first-order valence-electron chi connectivity index (χ1n) is 10.4. The molecule has 1 rings (SSSR count). The molecule has 1 aromatic rings. The Kier molecular flexibility index (Phi) is 10.5. The number of nitriles is 1. The van der Waals surface area contributed by atoms with Gasteiger partial charge in [0, 0.05) is 19.2 Å². The third kappa shape index (κ3) is 8.09. The number of hydrogen-bond acceptors (Lipinski definition) is 10. The molecule has 0 atom stereocenters. The monoisotopic (exact) mass is 477 g/mol. The molecule has 0 aliphatic rings. The van der Waals surface area contributed by atoms with E-state index in [0.29, 0.717) is 13.1 Å². The molecule has 12 nitrogen and oxygen atoms in total. The van der Waals surface area contributed by atoms with Crippen LogP contribution in [0.4, 0.5) is 15.3 Å². The van der Waals surface area contributed by atoms with E-state index in [9.17, 15) is 29.8 Å². The first-order valence-corrected chi connectivity index (χ1v) is 10.4. The Hall–Kier alpha value is -4.14. The zero-order valence-electron chi connectivity index (χ0n) is 19.8. The van der Waals surface area contributed by atoms with Crippen molar-refractivity contribution in [3.05, 3.63) is 33.4 Å². The molecule has 0 saturated heterocycles. The number of nitro benzene ring substituents is 1. The maximum Gasteiger partial charge on any atom is 0.514 e. The number of amides is 1. The highest BCUT2D eigenvalue weighted by atomic mass is 16.8. The van der Waals surface area contributed by atoms with Gasteiger partial charge in [-0.15, -0.1) is 0 Å². The lowest BCUT2D eigenvalue weighted by Crippen LogP contribution is -2.31. The van der Waals surface area contributed by atoms with E-state index in [1.807, 2.05) is 0 Å². The largest absolute Gasteiger partial charge is 0.514 e. The molecule has 34 heavy (non-hydrogen) atoms. The Morgan fingerprint density at radius 3 is 2.03 bits per heavy atom. The predicted molar refractivity (Wildman–Crippen MR) is 119 cm³/mol. The van der Waals surface area contributed by atoms with Crippen LogP contribution in [0.3, 0.4) is 0 Å². The summed E-state index contributed by atoms with van der Waals surface area (Å²) in [6.45, 7) is 10.3. The highest BCUT2D eigenvalue weighted by Crippen LogP contribution is 2.40. The summed E-state index contributed by atoms with van der Waals surface area (Å²) in [6, 6.07) is 3.83. The second-order valence-corrected chi connectivity index (χ2v) is 7.31. The van der Waals surface area contributed by atoms with Gasteiger partial charge in [-0.1, -0.05) is 0 Å². The highest BCUT2D eigenvalue weighted by Gasteiger charge is 2.28. The SMILES string of the molecule is CCN(CC)C(=O)C(C#N)=Cc1cc(OC(=O)OC(C)C)c(OC(=O)OC(C)C)c([N+](=O)[O-])c1. The highest BCUT2D eigenvalue weighted by molar-refractivity contribution is 6.01. The molecule has 0 bridgehead atoms. The van der Waals surface area contributed by atoms with Gasteiger partial charge >= 0.3 is 18.0 Å². The van der Waals surface area contributed by atoms with Crippen molar-refractivity contribution >= 4 is 30.0 Å². The summed E-state index contributed by atoms with van der Waals surface area (Å²) in [5, 5.41) is 21.2. The van der Waals surface area contributed by atoms with E-state index in [0.717, 1.165) is 18.2 Å². The maximum atomic E-state index is 12.6. The molecular weight excluding hydrogens is 450 g/mol. The van der Waals surface area contributed by atoms with Crippen LogP contribution in [0.5, 0.6) is 11.5 Å². The Bertz CT molecular complexity index is 1010. The van der Waals surface area contributed by atoms with Crippen LogP contribution < -0.4 is 9.47 Å². The number of nitrogens with zero attached hydrogens (tertiary/aromatic N) is 3. The number of benzene rings is 1. The fourth-order valence-corrected chi connectivity index (χ4v) is 2.60. The number of ether oxygens (including phenoxy) is 4.